The monoisotopic (exact) mass is 665 g/mol. The second kappa shape index (κ2) is 13.2. The lowest BCUT2D eigenvalue weighted by molar-refractivity contribution is -0.165. The lowest BCUT2D eigenvalue weighted by atomic mass is 9.95. The molecule has 2 aliphatic heterocycles. The van der Waals surface area contributed by atoms with Crippen LogP contribution in [0.25, 0.3) is 0 Å². The number of hydrogen-bond acceptors (Lipinski definition) is 11. The van der Waals surface area contributed by atoms with Gasteiger partial charge in [-0.05, 0) is 32.8 Å². The second-order valence-corrected chi connectivity index (χ2v) is 12.6. The highest BCUT2D eigenvalue weighted by Crippen LogP contribution is 2.51. The van der Waals surface area contributed by atoms with Crippen LogP contribution in [0.4, 0.5) is 0 Å². The fourth-order valence-corrected chi connectivity index (χ4v) is 6.81. The Morgan fingerprint density at radius 2 is 1.83 bits per heavy atom. The highest BCUT2D eigenvalue weighted by molar-refractivity contribution is 9.08. The highest BCUT2D eigenvalue weighted by atomic mass is 79.9. The predicted molar refractivity (Wildman–Crippen MR) is 155 cm³/mol. The summed E-state index contributed by atoms with van der Waals surface area (Å²) in [6, 6.07) is 6.19. The molecular weight excluding hydrogens is 634 g/mol. The van der Waals surface area contributed by atoms with Crippen molar-refractivity contribution in [3.63, 3.8) is 0 Å². The number of amides is 2. The first-order valence-electron chi connectivity index (χ1n) is 13.3. The number of fused-ring (bicyclic) bond motifs is 1. The van der Waals surface area contributed by atoms with Crippen molar-refractivity contribution in [3.05, 3.63) is 69.8 Å². The average molecular weight is 667 g/mol. The third-order valence-electron chi connectivity index (χ3n) is 6.70. The molecular formula is C28H32BrN3O9S. The van der Waals surface area contributed by atoms with Crippen molar-refractivity contribution in [2.45, 2.75) is 74.3 Å². The molecule has 4 atom stereocenters. The Balaban J connectivity index is 1.45. The normalized spacial score (nSPS) is 21.6. The third kappa shape index (κ3) is 6.75. The number of allylic oxidation sites excluding steroid dienone is 1. The van der Waals surface area contributed by atoms with E-state index in [4.69, 9.17) is 18.3 Å². The number of alkyl halides is 1. The van der Waals surface area contributed by atoms with Crippen LogP contribution >= 0.6 is 27.7 Å². The summed E-state index contributed by atoms with van der Waals surface area (Å²) in [7, 11) is 0. The van der Waals surface area contributed by atoms with E-state index in [0.717, 1.165) is 0 Å². The van der Waals surface area contributed by atoms with Gasteiger partial charge in [0.25, 0.3) is 0 Å². The van der Waals surface area contributed by atoms with Crippen LogP contribution in [0.3, 0.4) is 0 Å². The maximum absolute atomic E-state index is 13.5. The molecule has 2 aliphatic rings. The van der Waals surface area contributed by atoms with Crippen LogP contribution in [0.15, 0.2) is 55.7 Å². The molecule has 0 bridgehead atoms. The van der Waals surface area contributed by atoms with Gasteiger partial charge in [-0.1, -0.05) is 53.2 Å². The molecule has 4 rings (SSSR count). The number of ether oxygens (including phenoxy) is 2. The molecule has 0 aliphatic carbocycles. The van der Waals surface area contributed by atoms with Gasteiger partial charge >= 0.3 is 17.8 Å². The third-order valence-corrected chi connectivity index (χ3v) is 8.78. The molecule has 226 valence electrons. The fraction of sp³-hybridized carbons (Fsp3) is 0.464. The Labute approximate surface area is 254 Å². The molecule has 12 nitrogen and oxygen atoms in total. The molecule has 2 N–H and O–H groups in total. The summed E-state index contributed by atoms with van der Waals surface area (Å²) in [4.78, 5) is 64.9. The molecule has 2 amide bonds. The zero-order chi connectivity index (χ0) is 30.6. The molecule has 3 heterocycles. The van der Waals surface area contributed by atoms with E-state index in [1.807, 2.05) is 26.8 Å². The number of carbonyl (C=O) groups is 4. The van der Waals surface area contributed by atoms with Crippen molar-refractivity contribution in [2.24, 2.45) is 0 Å². The molecule has 2 aromatic rings. The van der Waals surface area contributed by atoms with Gasteiger partial charge in [0.15, 0.2) is 18.1 Å². The number of esters is 2. The number of benzene rings is 1. The number of nitrogens with zero attached hydrogens (tertiary/aromatic N) is 1. The maximum Gasteiger partial charge on any atom is 0.519 e. The number of thioether (sulfide) groups is 1. The Morgan fingerprint density at radius 1 is 1.14 bits per heavy atom. The Hall–Kier alpha value is -3.52. The summed E-state index contributed by atoms with van der Waals surface area (Å²) in [5.41, 5.74) is 1.04. The van der Waals surface area contributed by atoms with E-state index in [9.17, 15) is 24.0 Å². The van der Waals surface area contributed by atoms with Crippen molar-refractivity contribution in [3.8, 4) is 0 Å². The van der Waals surface area contributed by atoms with Crippen LogP contribution in [0.2, 0.25) is 0 Å². The largest absolute Gasteiger partial charge is 0.519 e. The Morgan fingerprint density at radius 3 is 2.50 bits per heavy atom. The molecule has 0 spiro atoms. The SMILES string of the molecule is CCCOC(=O)C=C(C)NC(C(=O)N[C@@H]1C(=O)N2[C@@H]1SC(C)(C)[C@@H]2C(=O)OCc1oc(=O)oc1CBr)c1ccccc1. The van der Waals surface area contributed by atoms with Gasteiger partial charge in [0.1, 0.15) is 23.5 Å². The van der Waals surface area contributed by atoms with Crippen LogP contribution in [-0.2, 0) is 40.6 Å². The molecule has 1 unspecified atom stereocenters. The van der Waals surface area contributed by atoms with E-state index >= 15 is 0 Å². The summed E-state index contributed by atoms with van der Waals surface area (Å²) in [5, 5.41) is 5.57. The molecule has 1 aromatic heterocycles. The molecule has 14 heteroatoms. The standard InChI is InChI=1S/C28H32BrN3O9S/c1-5-11-38-19(33)12-15(2)30-20(16-9-7-6-8-10-16)23(34)31-21-24(35)32-22(28(3,4)42-25(21)32)26(36)39-14-18-17(13-29)40-27(37)41-18/h6-10,12,20-22,25,30H,5,11,13-14H2,1-4H3,(H,31,34)/t20?,21-,22+,25-/m1/s1. The first-order chi connectivity index (χ1) is 20.0. The molecule has 2 saturated heterocycles. The van der Waals surface area contributed by atoms with E-state index in [1.54, 1.807) is 31.2 Å². The predicted octanol–water partition coefficient (Wildman–Crippen LogP) is 2.91. The average Bonchev–Trinajstić information content (AvgIpc) is 3.45. The van der Waals surface area contributed by atoms with E-state index < -0.39 is 57.8 Å². The molecule has 1 aromatic carbocycles. The van der Waals surface area contributed by atoms with Crippen molar-refractivity contribution < 1.29 is 37.5 Å². The molecule has 0 radical (unpaired) electrons. The lowest BCUT2D eigenvalue weighted by Gasteiger charge is -2.44. The van der Waals surface area contributed by atoms with Crippen LogP contribution in [0.5, 0.6) is 0 Å². The number of rotatable bonds is 12. The van der Waals surface area contributed by atoms with E-state index in [0.29, 0.717) is 17.7 Å². The molecule has 42 heavy (non-hydrogen) atoms. The number of nitrogens with one attached hydrogen (secondary N) is 2. The Bertz CT molecular complexity index is 1420. The minimum absolute atomic E-state index is 0.0766. The van der Waals surface area contributed by atoms with Crippen LogP contribution in [0.1, 0.15) is 57.2 Å². The van der Waals surface area contributed by atoms with Crippen molar-refractivity contribution in [1.29, 1.82) is 0 Å². The molecule has 0 saturated carbocycles. The first-order valence-corrected chi connectivity index (χ1v) is 15.3. The topological polar surface area (TPSA) is 157 Å². The second-order valence-electron chi connectivity index (χ2n) is 10.3. The van der Waals surface area contributed by atoms with Gasteiger partial charge in [0.2, 0.25) is 11.8 Å². The van der Waals surface area contributed by atoms with Gasteiger partial charge in [-0.3, -0.25) is 9.59 Å². The first kappa shape index (κ1) is 31.4. The van der Waals surface area contributed by atoms with Crippen LogP contribution < -0.4 is 16.5 Å². The summed E-state index contributed by atoms with van der Waals surface area (Å²) in [6.45, 7) is 7.11. The van der Waals surface area contributed by atoms with Gasteiger partial charge < -0.3 is 33.8 Å². The van der Waals surface area contributed by atoms with Gasteiger partial charge in [-0.15, -0.1) is 11.8 Å². The summed E-state index contributed by atoms with van der Waals surface area (Å²) < 4.78 is 19.6. The minimum Gasteiger partial charge on any atom is -0.462 e. The van der Waals surface area contributed by atoms with Crippen molar-refractivity contribution in [2.75, 3.05) is 6.61 Å². The lowest BCUT2D eigenvalue weighted by Crippen LogP contribution is -2.71. The number of halogens is 1. The van der Waals surface area contributed by atoms with E-state index in [2.05, 4.69) is 26.6 Å². The Kier molecular flexibility index (Phi) is 9.87. The van der Waals surface area contributed by atoms with Crippen molar-refractivity contribution >= 4 is 51.4 Å². The van der Waals surface area contributed by atoms with E-state index in [-0.39, 0.29) is 30.1 Å². The minimum atomic E-state index is -0.929. The van der Waals surface area contributed by atoms with Gasteiger partial charge in [0.05, 0.1) is 11.9 Å². The van der Waals surface area contributed by atoms with Gasteiger partial charge in [-0.25, -0.2) is 14.4 Å². The number of hydrogen-bond donors (Lipinski definition) is 2. The summed E-state index contributed by atoms with van der Waals surface area (Å²) in [6.07, 6.45) is 1.96. The summed E-state index contributed by atoms with van der Waals surface area (Å²) >= 11 is 4.55. The number of carbonyl (C=O) groups excluding carboxylic acids is 4. The zero-order valence-electron chi connectivity index (χ0n) is 23.5. The van der Waals surface area contributed by atoms with E-state index in [1.165, 1.54) is 22.7 Å². The van der Waals surface area contributed by atoms with Gasteiger partial charge in [-0.2, -0.15) is 0 Å². The zero-order valence-corrected chi connectivity index (χ0v) is 25.9. The maximum atomic E-state index is 13.5. The van der Waals surface area contributed by atoms with Crippen LogP contribution in [-0.4, -0.2) is 57.5 Å². The van der Waals surface area contributed by atoms with Gasteiger partial charge in [0, 0.05) is 16.5 Å². The smallest absolute Gasteiger partial charge is 0.462 e. The summed E-state index contributed by atoms with van der Waals surface area (Å²) in [5.74, 6) is -2.72. The quantitative estimate of drug-likeness (QED) is 0.149. The molecule has 2 fully saturated rings. The number of β-lactam (4-membered cyclic amide) rings is 1. The van der Waals surface area contributed by atoms with Crippen LogP contribution in [0, 0.1) is 0 Å². The fourth-order valence-electron chi connectivity index (χ4n) is 4.76. The highest BCUT2D eigenvalue weighted by Gasteiger charge is 2.64. The van der Waals surface area contributed by atoms with Crippen molar-refractivity contribution in [1.82, 2.24) is 15.5 Å².